The Morgan fingerprint density at radius 1 is 0.625 bits per heavy atom. The first-order chi connectivity index (χ1) is 27.0. The van der Waals surface area contributed by atoms with Gasteiger partial charge in [0.05, 0.1) is 39.9 Å². The van der Waals surface area contributed by atoms with Crippen LogP contribution in [0, 0.1) is 0 Å². The molecule has 3 atom stereocenters. The zero-order valence-electron chi connectivity index (χ0n) is 36.6. The van der Waals surface area contributed by atoms with Gasteiger partial charge in [-0.2, -0.15) is 0 Å². The molecule has 0 aliphatic carbocycles. The predicted molar refractivity (Wildman–Crippen MR) is 240 cm³/mol. The number of quaternary nitrogens is 1. The van der Waals surface area contributed by atoms with Gasteiger partial charge in [0, 0.05) is 6.42 Å². The number of aliphatic hydroxyl groups excluding tert-OH is 1. The standard InChI is InChI=1S/C47H85N2O6P/c1-6-8-10-12-13-14-15-16-17-18-19-20-21-22-23-24-25-26-27-28-29-30-31-32-33-34-35-37-39-41-47(51)48-45(46(50)40-38-36-11-9-7-2)44-55-56(52,53)54-43-42-49(3,4)5/h8,10,13-14,16-17,19-20,22-23,38,40,45-46,50H,6-7,9,11-12,15,18,21,24-37,39,41-44H2,1-5H3,(H-,48,51,52,53)/p+1/b10-8-,14-13-,17-16-,20-19-,23-22-,40-38+. The molecule has 0 rings (SSSR count). The third kappa shape index (κ3) is 40.1. The monoisotopic (exact) mass is 806 g/mol. The Labute approximate surface area is 344 Å². The smallest absolute Gasteiger partial charge is 0.387 e. The van der Waals surface area contributed by atoms with Crippen molar-refractivity contribution >= 4 is 13.7 Å². The lowest BCUT2D eigenvalue weighted by Crippen LogP contribution is -2.45. The average molecular weight is 806 g/mol. The fourth-order valence-electron chi connectivity index (χ4n) is 5.89. The number of nitrogens with one attached hydrogen (secondary N) is 1. The fraction of sp³-hybridized carbons (Fsp3) is 0.723. The minimum atomic E-state index is -4.32. The topological polar surface area (TPSA) is 105 Å². The molecule has 324 valence electrons. The Hall–Kier alpha value is -2.06. The second kappa shape index (κ2) is 38.5. The zero-order valence-corrected chi connectivity index (χ0v) is 37.5. The Morgan fingerprint density at radius 2 is 1.07 bits per heavy atom. The molecule has 0 saturated heterocycles. The number of phosphoric ester groups is 1. The van der Waals surface area contributed by atoms with Crippen LogP contribution in [-0.4, -0.2) is 73.4 Å². The van der Waals surface area contributed by atoms with Crippen molar-refractivity contribution in [1.29, 1.82) is 0 Å². The number of phosphoric acid groups is 1. The van der Waals surface area contributed by atoms with Gasteiger partial charge in [-0.3, -0.25) is 13.8 Å². The summed E-state index contributed by atoms with van der Waals surface area (Å²) >= 11 is 0. The van der Waals surface area contributed by atoms with Crippen LogP contribution in [0.25, 0.3) is 0 Å². The lowest BCUT2D eigenvalue weighted by Gasteiger charge is -2.25. The molecule has 3 unspecified atom stereocenters. The average Bonchev–Trinajstić information content (AvgIpc) is 3.15. The minimum Gasteiger partial charge on any atom is -0.387 e. The summed E-state index contributed by atoms with van der Waals surface area (Å²) in [7, 11) is 1.56. The van der Waals surface area contributed by atoms with Crippen molar-refractivity contribution in [3.63, 3.8) is 0 Å². The molecule has 3 N–H and O–H groups in total. The van der Waals surface area contributed by atoms with E-state index in [-0.39, 0.29) is 19.1 Å². The number of allylic oxidation sites excluding steroid dienone is 11. The van der Waals surface area contributed by atoms with Crippen molar-refractivity contribution in [3.8, 4) is 0 Å². The lowest BCUT2D eigenvalue weighted by atomic mass is 10.0. The van der Waals surface area contributed by atoms with Gasteiger partial charge in [0.15, 0.2) is 0 Å². The van der Waals surface area contributed by atoms with Gasteiger partial charge in [-0.1, -0.05) is 170 Å². The Morgan fingerprint density at radius 3 is 1.57 bits per heavy atom. The number of hydrogen-bond donors (Lipinski definition) is 3. The van der Waals surface area contributed by atoms with Crippen LogP contribution in [0.15, 0.2) is 72.9 Å². The number of carbonyl (C=O) groups excluding carboxylic acids is 1. The maximum absolute atomic E-state index is 12.8. The number of rotatable bonds is 39. The summed E-state index contributed by atoms with van der Waals surface area (Å²) in [6.45, 7) is 4.57. The quantitative estimate of drug-likeness (QED) is 0.0247. The molecule has 56 heavy (non-hydrogen) atoms. The number of amides is 1. The zero-order chi connectivity index (χ0) is 41.4. The molecular formula is C47H86N2O6P+. The molecule has 0 spiro atoms. The van der Waals surface area contributed by atoms with E-state index in [0.29, 0.717) is 17.4 Å². The highest BCUT2D eigenvalue weighted by molar-refractivity contribution is 7.47. The maximum Gasteiger partial charge on any atom is 0.472 e. The van der Waals surface area contributed by atoms with Gasteiger partial charge in [-0.15, -0.1) is 0 Å². The summed E-state index contributed by atoms with van der Waals surface area (Å²) in [4.78, 5) is 22.9. The molecule has 0 bridgehead atoms. The van der Waals surface area contributed by atoms with Gasteiger partial charge in [-0.05, 0) is 64.2 Å². The van der Waals surface area contributed by atoms with Gasteiger partial charge >= 0.3 is 7.82 Å². The molecule has 0 aromatic rings. The summed E-state index contributed by atoms with van der Waals surface area (Å²) in [6, 6.07) is -0.845. The summed E-state index contributed by atoms with van der Waals surface area (Å²) in [5.74, 6) is -0.190. The van der Waals surface area contributed by atoms with Crippen LogP contribution >= 0.6 is 7.82 Å². The molecule has 0 aliphatic rings. The highest BCUT2D eigenvalue weighted by atomic mass is 31.2. The van der Waals surface area contributed by atoms with E-state index < -0.39 is 20.0 Å². The number of nitrogens with zero attached hydrogens (tertiary/aromatic N) is 1. The highest BCUT2D eigenvalue weighted by Crippen LogP contribution is 2.43. The number of hydrogen-bond acceptors (Lipinski definition) is 5. The fourth-order valence-corrected chi connectivity index (χ4v) is 6.63. The van der Waals surface area contributed by atoms with Crippen LogP contribution in [0.4, 0.5) is 0 Å². The third-order valence-electron chi connectivity index (χ3n) is 9.43. The first-order valence-corrected chi connectivity index (χ1v) is 23.8. The second-order valence-corrected chi connectivity index (χ2v) is 17.5. The first kappa shape index (κ1) is 53.9. The Balaban J connectivity index is 3.98. The number of carbonyl (C=O) groups is 1. The van der Waals surface area contributed by atoms with Crippen molar-refractivity contribution in [2.24, 2.45) is 0 Å². The van der Waals surface area contributed by atoms with Gasteiger partial charge in [0.2, 0.25) is 5.91 Å². The molecule has 0 radical (unpaired) electrons. The van der Waals surface area contributed by atoms with Crippen molar-refractivity contribution in [1.82, 2.24) is 5.32 Å². The highest BCUT2D eigenvalue weighted by Gasteiger charge is 2.27. The number of unbranched alkanes of at least 4 members (excludes halogenated alkanes) is 16. The summed E-state index contributed by atoms with van der Waals surface area (Å²) in [5.41, 5.74) is 0. The van der Waals surface area contributed by atoms with Crippen LogP contribution in [0.2, 0.25) is 0 Å². The largest absolute Gasteiger partial charge is 0.472 e. The lowest BCUT2D eigenvalue weighted by molar-refractivity contribution is -0.870. The van der Waals surface area contributed by atoms with Crippen molar-refractivity contribution < 1.29 is 32.9 Å². The van der Waals surface area contributed by atoms with Crippen LogP contribution in [0.1, 0.15) is 168 Å². The second-order valence-electron chi connectivity index (χ2n) is 16.0. The first-order valence-electron chi connectivity index (χ1n) is 22.3. The predicted octanol–water partition coefficient (Wildman–Crippen LogP) is 12.4. The van der Waals surface area contributed by atoms with Gasteiger partial charge in [-0.25, -0.2) is 4.57 Å². The van der Waals surface area contributed by atoms with E-state index in [9.17, 15) is 19.4 Å². The van der Waals surface area contributed by atoms with Crippen molar-refractivity contribution in [2.75, 3.05) is 40.9 Å². The van der Waals surface area contributed by atoms with E-state index in [1.165, 1.54) is 70.6 Å². The molecule has 0 heterocycles. The van der Waals surface area contributed by atoms with Crippen LogP contribution in [-0.2, 0) is 18.4 Å². The molecule has 0 aliphatic heterocycles. The van der Waals surface area contributed by atoms with Crippen molar-refractivity contribution in [3.05, 3.63) is 72.9 Å². The van der Waals surface area contributed by atoms with Crippen LogP contribution in [0.5, 0.6) is 0 Å². The Kier molecular flexibility index (Phi) is 37.0. The van der Waals surface area contributed by atoms with Gasteiger partial charge in [0.1, 0.15) is 13.2 Å². The molecule has 0 aromatic heterocycles. The van der Waals surface area contributed by atoms with Crippen molar-refractivity contribution in [2.45, 2.75) is 180 Å². The summed E-state index contributed by atoms with van der Waals surface area (Å²) < 4.78 is 23.3. The summed E-state index contributed by atoms with van der Waals surface area (Å²) in [6.07, 6.45) is 51.7. The van der Waals surface area contributed by atoms with E-state index in [0.717, 1.165) is 77.0 Å². The third-order valence-corrected chi connectivity index (χ3v) is 10.4. The maximum atomic E-state index is 12.8. The van der Waals surface area contributed by atoms with E-state index in [2.05, 4.69) is 79.9 Å². The van der Waals surface area contributed by atoms with Gasteiger partial charge < -0.3 is 19.8 Å². The normalized spacial score (nSPS) is 15.1. The molecule has 9 heteroatoms. The number of aliphatic hydroxyl groups is 1. The molecule has 0 fully saturated rings. The summed E-state index contributed by atoms with van der Waals surface area (Å²) in [5, 5.41) is 13.6. The minimum absolute atomic E-state index is 0.0576. The van der Waals surface area contributed by atoms with E-state index in [1.54, 1.807) is 6.08 Å². The van der Waals surface area contributed by atoms with E-state index >= 15 is 0 Å². The molecular weight excluding hydrogens is 719 g/mol. The molecule has 0 aromatic carbocycles. The molecule has 8 nitrogen and oxygen atoms in total. The molecule has 1 amide bonds. The van der Waals surface area contributed by atoms with Gasteiger partial charge in [0.25, 0.3) is 0 Å². The number of likely N-dealkylation sites (N-methyl/N-ethyl adjacent to an activating group) is 1. The van der Waals surface area contributed by atoms with Crippen LogP contribution < -0.4 is 5.32 Å². The molecule has 0 saturated carbocycles. The SMILES string of the molecule is CC/C=C\C/C=C\C/C=C\C/C=C\C/C=C\CCCCCCCCCCCCCCCC(=O)NC(COP(=O)(O)OCC[N+](C)(C)C)C(O)/C=C/CCCCC. The van der Waals surface area contributed by atoms with E-state index in [4.69, 9.17) is 9.05 Å². The van der Waals surface area contributed by atoms with E-state index in [1.807, 2.05) is 27.2 Å². The Bertz CT molecular complexity index is 1140. The van der Waals surface area contributed by atoms with Crippen LogP contribution in [0.3, 0.4) is 0 Å².